The van der Waals surface area contributed by atoms with Crippen LogP contribution in [0.3, 0.4) is 0 Å². The molecule has 72 valence electrons. The molecule has 0 aliphatic rings. The number of esters is 1. The second-order valence-corrected chi connectivity index (χ2v) is 3.77. The van der Waals surface area contributed by atoms with E-state index in [1.807, 2.05) is 27.7 Å². The van der Waals surface area contributed by atoms with Gasteiger partial charge < -0.3 is 4.74 Å². The molecule has 3 heteroatoms. The van der Waals surface area contributed by atoms with Crippen LogP contribution in [0.4, 0.5) is 0 Å². The number of hydrogen-bond donors (Lipinski definition) is 0. The molecule has 0 spiro atoms. The van der Waals surface area contributed by atoms with Crippen LogP contribution >= 0.6 is 11.6 Å². The molecule has 0 amide bonds. The Morgan fingerprint density at radius 1 is 1.42 bits per heavy atom. The van der Waals surface area contributed by atoms with Gasteiger partial charge in [-0.2, -0.15) is 0 Å². The zero-order chi connectivity index (χ0) is 9.72. The van der Waals surface area contributed by atoms with Crippen LogP contribution in [0.25, 0.3) is 0 Å². The van der Waals surface area contributed by atoms with E-state index in [2.05, 4.69) is 0 Å². The van der Waals surface area contributed by atoms with Gasteiger partial charge in [-0.05, 0) is 19.3 Å². The number of rotatable bonds is 4. The summed E-state index contributed by atoms with van der Waals surface area (Å²) >= 11 is 5.79. The van der Waals surface area contributed by atoms with Gasteiger partial charge in [0.1, 0.15) is 5.38 Å². The van der Waals surface area contributed by atoms with Gasteiger partial charge in [0.25, 0.3) is 0 Å². The Hall–Kier alpha value is -0.240. The van der Waals surface area contributed by atoms with Crippen molar-refractivity contribution in [1.82, 2.24) is 0 Å². The van der Waals surface area contributed by atoms with Crippen molar-refractivity contribution in [3.8, 4) is 0 Å². The Labute approximate surface area is 79.2 Å². The first-order chi connectivity index (χ1) is 5.49. The number of carbonyl (C=O) groups is 1. The Bertz CT molecular complexity index is 145. The third kappa shape index (κ3) is 3.96. The van der Waals surface area contributed by atoms with E-state index in [4.69, 9.17) is 16.3 Å². The third-order valence-electron chi connectivity index (χ3n) is 1.70. The molecular weight excluding hydrogens is 176 g/mol. The smallest absolute Gasteiger partial charge is 0.324 e. The van der Waals surface area contributed by atoms with Crippen molar-refractivity contribution < 1.29 is 9.53 Å². The quantitative estimate of drug-likeness (QED) is 0.506. The minimum Gasteiger partial charge on any atom is -0.462 e. The van der Waals surface area contributed by atoms with Crippen molar-refractivity contribution >= 4 is 17.6 Å². The van der Waals surface area contributed by atoms with Crippen LogP contribution in [0.15, 0.2) is 0 Å². The second-order valence-electron chi connectivity index (χ2n) is 3.30. The third-order valence-corrected chi connectivity index (χ3v) is 2.38. The zero-order valence-electron chi connectivity index (χ0n) is 8.13. The van der Waals surface area contributed by atoms with Crippen LogP contribution in [0.5, 0.6) is 0 Å². The molecule has 12 heavy (non-hydrogen) atoms. The largest absolute Gasteiger partial charge is 0.462 e. The lowest BCUT2D eigenvalue weighted by Crippen LogP contribution is -2.26. The summed E-state index contributed by atoms with van der Waals surface area (Å²) in [5, 5.41) is -0.515. The average Bonchev–Trinajstić information content (AvgIpc) is 2.02. The number of carbonyl (C=O) groups excluding carboxylic acids is 1. The predicted octanol–water partition coefficient (Wildman–Crippen LogP) is 2.59. The molecule has 0 aromatic carbocycles. The van der Waals surface area contributed by atoms with Crippen LogP contribution in [0, 0.1) is 5.92 Å². The van der Waals surface area contributed by atoms with Gasteiger partial charge in [0.15, 0.2) is 0 Å². The van der Waals surface area contributed by atoms with E-state index in [0.717, 1.165) is 6.42 Å². The fourth-order valence-electron chi connectivity index (χ4n) is 0.619. The molecule has 0 fully saturated rings. The van der Waals surface area contributed by atoms with Crippen LogP contribution < -0.4 is 0 Å². The molecule has 0 aliphatic heterocycles. The predicted molar refractivity (Wildman–Crippen MR) is 50.3 cm³/mol. The first-order valence-corrected chi connectivity index (χ1v) is 4.77. The molecule has 0 aliphatic carbocycles. The molecule has 0 saturated heterocycles. The van der Waals surface area contributed by atoms with Crippen molar-refractivity contribution in [3.05, 3.63) is 0 Å². The molecule has 2 atom stereocenters. The fourth-order valence-corrected chi connectivity index (χ4v) is 0.670. The van der Waals surface area contributed by atoms with Crippen molar-refractivity contribution in [2.24, 2.45) is 5.92 Å². The number of halogens is 1. The van der Waals surface area contributed by atoms with Gasteiger partial charge in [0.2, 0.25) is 0 Å². The van der Waals surface area contributed by atoms with Crippen LogP contribution in [-0.4, -0.2) is 17.5 Å². The van der Waals surface area contributed by atoms with E-state index in [9.17, 15) is 4.79 Å². The van der Waals surface area contributed by atoms with Crippen LogP contribution in [0.1, 0.15) is 34.1 Å². The van der Waals surface area contributed by atoms with Crippen LogP contribution in [-0.2, 0) is 9.53 Å². The van der Waals surface area contributed by atoms with Gasteiger partial charge in [0, 0.05) is 0 Å². The molecule has 0 N–H and O–H groups in total. The highest BCUT2D eigenvalue weighted by Crippen LogP contribution is 2.12. The van der Waals surface area contributed by atoms with Gasteiger partial charge in [0.05, 0.1) is 6.10 Å². The second kappa shape index (κ2) is 5.41. The first-order valence-electron chi connectivity index (χ1n) is 4.33. The average molecular weight is 193 g/mol. The minimum absolute atomic E-state index is 0.0301. The summed E-state index contributed by atoms with van der Waals surface area (Å²) in [4.78, 5) is 11.2. The van der Waals surface area contributed by atoms with Crippen molar-refractivity contribution in [1.29, 1.82) is 0 Å². The summed E-state index contributed by atoms with van der Waals surface area (Å²) in [6, 6.07) is 0. The molecule has 0 aromatic heterocycles. The highest BCUT2D eigenvalue weighted by molar-refractivity contribution is 6.30. The van der Waals surface area contributed by atoms with Gasteiger partial charge in [-0.1, -0.05) is 20.8 Å². The molecule has 0 aromatic rings. The maximum absolute atomic E-state index is 11.2. The van der Waals surface area contributed by atoms with Gasteiger partial charge in [-0.25, -0.2) is 0 Å². The summed E-state index contributed by atoms with van der Waals surface area (Å²) in [5.41, 5.74) is 0. The monoisotopic (exact) mass is 192 g/mol. The zero-order valence-corrected chi connectivity index (χ0v) is 8.89. The Balaban J connectivity index is 3.87. The number of alkyl halides is 1. The Morgan fingerprint density at radius 2 is 1.92 bits per heavy atom. The number of hydrogen-bond acceptors (Lipinski definition) is 2. The van der Waals surface area contributed by atoms with Crippen LogP contribution in [0.2, 0.25) is 0 Å². The molecule has 0 rings (SSSR count). The van der Waals surface area contributed by atoms with Gasteiger partial charge >= 0.3 is 5.97 Å². The van der Waals surface area contributed by atoms with Gasteiger partial charge in [-0.15, -0.1) is 11.6 Å². The lowest BCUT2D eigenvalue weighted by Gasteiger charge is -2.16. The lowest BCUT2D eigenvalue weighted by atomic mass is 10.1. The van der Waals surface area contributed by atoms with E-state index < -0.39 is 5.38 Å². The molecular formula is C9H17ClO2. The van der Waals surface area contributed by atoms with E-state index in [1.54, 1.807) is 0 Å². The highest BCUT2D eigenvalue weighted by Gasteiger charge is 2.21. The van der Waals surface area contributed by atoms with Crippen molar-refractivity contribution in [2.75, 3.05) is 0 Å². The normalized spacial score (nSPS) is 15.8. The highest BCUT2D eigenvalue weighted by atomic mass is 35.5. The summed E-state index contributed by atoms with van der Waals surface area (Å²) in [6.07, 6.45) is 0.797. The van der Waals surface area contributed by atoms with E-state index in [-0.39, 0.29) is 18.0 Å². The van der Waals surface area contributed by atoms with Gasteiger partial charge in [-0.3, -0.25) is 4.79 Å². The summed E-state index contributed by atoms with van der Waals surface area (Å²) in [6.45, 7) is 7.63. The fraction of sp³-hybridized carbons (Fsp3) is 0.889. The lowest BCUT2D eigenvalue weighted by molar-refractivity contribution is -0.148. The molecule has 2 nitrogen and oxygen atoms in total. The summed E-state index contributed by atoms with van der Waals surface area (Å²) in [7, 11) is 0. The SMILES string of the molecule is CCC(C)OC(=O)C(Cl)C(C)C. The summed E-state index contributed by atoms with van der Waals surface area (Å²) < 4.78 is 5.05. The standard InChI is InChI=1S/C9H17ClO2/c1-5-7(4)12-9(11)8(10)6(2)3/h6-8H,5H2,1-4H3. The van der Waals surface area contributed by atoms with Crippen molar-refractivity contribution in [3.63, 3.8) is 0 Å². The molecule has 0 radical (unpaired) electrons. The minimum atomic E-state index is -0.515. The maximum atomic E-state index is 11.2. The Morgan fingerprint density at radius 3 is 2.25 bits per heavy atom. The molecule has 0 saturated carbocycles. The van der Waals surface area contributed by atoms with E-state index in [1.165, 1.54) is 0 Å². The first kappa shape index (κ1) is 11.8. The molecule has 0 bridgehead atoms. The van der Waals surface area contributed by atoms with E-state index >= 15 is 0 Å². The van der Waals surface area contributed by atoms with E-state index in [0.29, 0.717) is 0 Å². The summed E-state index contributed by atoms with van der Waals surface area (Å²) in [5.74, 6) is -0.177. The number of ether oxygens (including phenoxy) is 1. The van der Waals surface area contributed by atoms with Crippen molar-refractivity contribution in [2.45, 2.75) is 45.6 Å². The maximum Gasteiger partial charge on any atom is 0.324 e. The molecule has 0 heterocycles. The topological polar surface area (TPSA) is 26.3 Å². The molecule has 2 unspecified atom stereocenters. The Kier molecular flexibility index (Phi) is 5.31.